The first kappa shape index (κ1) is 12.4. The van der Waals surface area contributed by atoms with Crippen LogP contribution < -0.4 is 5.32 Å². The third-order valence-electron chi connectivity index (χ3n) is 3.36. The molecule has 1 aromatic carbocycles. The first-order valence-corrected chi connectivity index (χ1v) is 6.36. The lowest BCUT2D eigenvalue weighted by molar-refractivity contribution is 0.0540. The van der Waals surface area contributed by atoms with E-state index in [0.29, 0.717) is 17.7 Å². The molecule has 0 saturated carbocycles. The molecule has 1 saturated heterocycles. The van der Waals surface area contributed by atoms with Crippen LogP contribution in [0.5, 0.6) is 5.75 Å². The van der Waals surface area contributed by atoms with Crippen molar-refractivity contribution in [1.29, 1.82) is 0 Å². The molecule has 0 bridgehead atoms. The van der Waals surface area contributed by atoms with Crippen molar-refractivity contribution in [3.63, 3.8) is 0 Å². The molecule has 2 rings (SSSR count). The molecule has 94 valence electrons. The van der Waals surface area contributed by atoms with Gasteiger partial charge < -0.3 is 15.2 Å². The summed E-state index contributed by atoms with van der Waals surface area (Å²) < 4.78 is 5.46. The molecule has 3 heteroatoms. The van der Waals surface area contributed by atoms with E-state index in [1.165, 1.54) is 18.4 Å². The van der Waals surface area contributed by atoms with Gasteiger partial charge in [-0.25, -0.2) is 0 Å². The number of phenolic OH excluding ortho intramolecular Hbond substituents is 1. The molecule has 0 spiro atoms. The van der Waals surface area contributed by atoms with E-state index >= 15 is 0 Å². The maximum atomic E-state index is 9.24. The van der Waals surface area contributed by atoms with Gasteiger partial charge in [0.15, 0.2) is 0 Å². The van der Waals surface area contributed by atoms with Crippen molar-refractivity contribution in [1.82, 2.24) is 5.32 Å². The Kier molecular flexibility index (Phi) is 4.40. The van der Waals surface area contributed by atoms with E-state index in [0.717, 1.165) is 19.8 Å². The largest absolute Gasteiger partial charge is 0.508 e. The van der Waals surface area contributed by atoms with Gasteiger partial charge in [-0.3, -0.25) is 0 Å². The minimum atomic E-state index is 0.317. The molecule has 1 fully saturated rings. The molecule has 2 unspecified atom stereocenters. The van der Waals surface area contributed by atoms with Crippen LogP contribution in [-0.2, 0) is 4.74 Å². The topological polar surface area (TPSA) is 41.5 Å². The molecule has 0 radical (unpaired) electrons. The number of ether oxygens (including phenoxy) is 1. The molecular formula is C14H21NO2. The van der Waals surface area contributed by atoms with Gasteiger partial charge in [-0.05, 0) is 43.4 Å². The lowest BCUT2D eigenvalue weighted by atomic mass is 10.0. The molecule has 17 heavy (non-hydrogen) atoms. The molecule has 1 aliphatic rings. The average molecular weight is 235 g/mol. The van der Waals surface area contributed by atoms with Gasteiger partial charge in [0.1, 0.15) is 5.75 Å². The highest BCUT2D eigenvalue weighted by atomic mass is 16.5. The Bertz CT molecular complexity index is 331. The Labute approximate surface area is 103 Å². The van der Waals surface area contributed by atoms with Crippen molar-refractivity contribution in [2.75, 3.05) is 19.8 Å². The Hall–Kier alpha value is -1.06. The molecule has 2 atom stereocenters. The number of nitrogens with one attached hydrogen (secondary N) is 1. The number of rotatable bonds is 4. The summed E-state index contributed by atoms with van der Waals surface area (Å²) in [5.74, 6) is 0.963. The summed E-state index contributed by atoms with van der Waals surface area (Å²) in [7, 11) is 0. The van der Waals surface area contributed by atoms with E-state index in [9.17, 15) is 5.11 Å². The first-order chi connectivity index (χ1) is 8.25. The van der Waals surface area contributed by atoms with Crippen LogP contribution in [-0.4, -0.2) is 24.9 Å². The second-order valence-corrected chi connectivity index (χ2v) is 4.80. The second-order valence-electron chi connectivity index (χ2n) is 4.80. The summed E-state index contributed by atoms with van der Waals surface area (Å²) in [4.78, 5) is 0. The van der Waals surface area contributed by atoms with Crippen molar-refractivity contribution in [2.45, 2.75) is 25.8 Å². The lowest BCUT2D eigenvalue weighted by Gasteiger charge is -2.24. The highest BCUT2D eigenvalue weighted by Crippen LogP contribution is 2.18. The van der Waals surface area contributed by atoms with Crippen LogP contribution in [0.1, 0.15) is 31.4 Å². The van der Waals surface area contributed by atoms with Crippen LogP contribution in [0.2, 0.25) is 0 Å². The summed E-state index contributed by atoms with van der Waals surface area (Å²) >= 11 is 0. The zero-order chi connectivity index (χ0) is 12.1. The molecular weight excluding hydrogens is 214 g/mol. The number of benzene rings is 1. The third-order valence-corrected chi connectivity index (χ3v) is 3.36. The van der Waals surface area contributed by atoms with E-state index in [1.807, 2.05) is 12.1 Å². The Morgan fingerprint density at radius 1 is 1.41 bits per heavy atom. The van der Waals surface area contributed by atoms with E-state index in [4.69, 9.17) is 4.74 Å². The molecule has 2 N–H and O–H groups in total. The van der Waals surface area contributed by atoms with Crippen LogP contribution >= 0.6 is 0 Å². The second kappa shape index (κ2) is 6.03. The van der Waals surface area contributed by atoms with Gasteiger partial charge in [-0.15, -0.1) is 0 Å². The standard InChI is InChI=1S/C14H21NO2/c1-11(13-4-6-14(16)7-5-13)15-9-12-3-2-8-17-10-12/h4-7,11-12,15-16H,2-3,8-10H2,1H3. The molecule has 0 amide bonds. The maximum Gasteiger partial charge on any atom is 0.115 e. The van der Waals surface area contributed by atoms with Gasteiger partial charge in [0, 0.05) is 19.2 Å². The van der Waals surface area contributed by atoms with Gasteiger partial charge in [0.05, 0.1) is 6.61 Å². The minimum absolute atomic E-state index is 0.317. The summed E-state index contributed by atoms with van der Waals surface area (Å²) in [6.45, 7) is 4.96. The summed E-state index contributed by atoms with van der Waals surface area (Å²) in [6.07, 6.45) is 2.44. The fourth-order valence-corrected chi connectivity index (χ4v) is 2.19. The zero-order valence-electron chi connectivity index (χ0n) is 10.4. The smallest absolute Gasteiger partial charge is 0.115 e. The Morgan fingerprint density at radius 2 is 2.18 bits per heavy atom. The van der Waals surface area contributed by atoms with Crippen LogP contribution in [0.4, 0.5) is 0 Å². The van der Waals surface area contributed by atoms with E-state index in [1.54, 1.807) is 12.1 Å². The lowest BCUT2D eigenvalue weighted by Crippen LogP contribution is -2.30. The monoisotopic (exact) mass is 235 g/mol. The predicted octanol–water partition coefficient (Wildman–Crippen LogP) is 2.47. The van der Waals surface area contributed by atoms with Crippen molar-refractivity contribution in [3.8, 4) is 5.75 Å². The summed E-state index contributed by atoms with van der Waals surface area (Å²) in [5, 5.41) is 12.8. The fourth-order valence-electron chi connectivity index (χ4n) is 2.19. The van der Waals surface area contributed by atoms with E-state index < -0.39 is 0 Å². The van der Waals surface area contributed by atoms with Crippen LogP contribution in [0.25, 0.3) is 0 Å². The number of hydrogen-bond acceptors (Lipinski definition) is 3. The van der Waals surface area contributed by atoms with Crippen molar-refractivity contribution < 1.29 is 9.84 Å². The van der Waals surface area contributed by atoms with E-state index in [-0.39, 0.29) is 0 Å². The summed E-state index contributed by atoms with van der Waals surface area (Å²) in [6, 6.07) is 7.71. The first-order valence-electron chi connectivity index (χ1n) is 6.36. The normalized spacial score (nSPS) is 22.3. The van der Waals surface area contributed by atoms with Gasteiger partial charge in [0.25, 0.3) is 0 Å². The van der Waals surface area contributed by atoms with Crippen LogP contribution in [0, 0.1) is 5.92 Å². The maximum absolute atomic E-state index is 9.24. The summed E-state index contributed by atoms with van der Waals surface area (Å²) in [5.41, 5.74) is 1.21. The molecule has 1 heterocycles. The predicted molar refractivity (Wildman–Crippen MR) is 68.1 cm³/mol. The molecule has 1 aromatic rings. The fraction of sp³-hybridized carbons (Fsp3) is 0.571. The average Bonchev–Trinajstić information content (AvgIpc) is 2.38. The zero-order valence-corrected chi connectivity index (χ0v) is 10.4. The minimum Gasteiger partial charge on any atom is -0.508 e. The highest BCUT2D eigenvalue weighted by molar-refractivity contribution is 5.27. The number of hydrogen-bond donors (Lipinski definition) is 2. The molecule has 0 aromatic heterocycles. The molecule has 1 aliphatic heterocycles. The van der Waals surface area contributed by atoms with Crippen molar-refractivity contribution >= 4 is 0 Å². The van der Waals surface area contributed by atoms with Crippen molar-refractivity contribution in [2.24, 2.45) is 5.92 Å². The third kappa shape index (κ3) is 3.72. The molecule has 3 nitrogen and oxygen atoms in total. The van der Waals surface area contributed by atoms with Crippen LogP contribution in [0.15, 0.2) is 24.3 Å². The quantitative estimate of drug-likeness (QED) is 0.842. The van der Waals surface area contributed by atoms with Gasteiger partial charge in [-0.2, -0.15) is 0 Å². The van der Waals surface area contributed by atoms with Crippen LogP contribution in [0.3, 0.4) is 0 Å². The Morgan fingerprint density at radius 3 is 2.82 bits per heavy atom. The highest BCUT2D eigenvalue weighted by Gasteiger charge is 2.14. The van der Waals surface area contributed by atoms with Crippen molar-refractivity contribution in [3.05, 3.63) is 29.8 Å². The van der Waals surface area contributed by atoms with Gasteiger partial charge >= 0.3 is 0 Å². The Balaban J connectivity index is 1.80. The number of phenols is 1. The molecule has 0 aliphatic carbocycles. The van der Waals surface area contributed by atoms with E-state index in [2.05, 4.69) is 12.2 Å². The van der Waals surface area contributed by atoms with Gasteiger partial charge in [-0.1, -0.05) is 12.1 Å². The van der Waals surface area contributed by atoms with Gasteiger partial charge in [0.2, 0.25) is 0 Å². The number of aromatic hydroxyl groups is 1. The SMILES string of the molecule is CC(NCC1CCCOC1)c1ccc(O)cc1.